The van der Waals surface area contributed by atoms with Crippen molar-refractivity contribution in [3.63, 3.8) is 0 Å². The average molecular weight is 203 g/mol. The second-order valence-corrected chi connectivity index (χ2v) is 5.23. The van der Waals surface area contributed by atoms with Gasteiger partial charge in [-0.05, 0) is 24.5 Å². The molecule has 0 saturated heterocycles. The Morgan fingerprint density at radius 3 is 2.60 bits per heavy atom. The highest BCUT2D eigenvalue weighted by atomic mass is 16.1. The molecule has 0 spiro atoms. The van der Waals surface area contributed by atoms with Crippen LogP contribution in [0.4, 0.5) is 0 Å². The second-order valence-electron chi connectivity index (χ2n) is 5.23. The standard InChI is InChI=1S/C13H17NO/c1-13(2,3)11-8-7-9-5-4-6-10(15)12(9)14-11/h7-8H,4-6H2,1-3H3. The van der Waals surface area contributed by atoms with E-state index in [4.69, 9.17) is 0 Å². The van der Waals surface area contributed by atoms with E-state index in [1.54, 1.807) is 0 Å². The summed E-state index contributed by atoms with van der Waals surface area (Å²) in [6.07, 6.45) is 2.63. The summed E-state index contributed by atoms with van der Waals surface area (Å²) in [5, 5.41) is 0. The third-order valence-corrected chi connectivity index (χ3v) is 2.86. The SMILES string of the molecule is CC(C)(C)c1ccc2c(n1)C(=O)CCC2. The Kier molecular flexibility index (Phi) is 2.37. The van der Waals surface area contributed by atoms with Crippen molar-refractivity contribution < 1.29 is 4.79 Å². The quantitative estimate of drug-likeness (QED) is 0.649. The summed E-state index contributed by atoms with van der Waals surface area (Å²) in [6, 6.07) is 4.12. The van der Waals surface area contributed by atoms with E-state index in [0.29, 0.717) is 12.1 Å². The highest BCUT2D eigenvalue weighted by Crippen LogP contribution is 2.25. The zero-order valence-corrected chi connectivity index (χ0v) is 9.63. The minimum Gasteiger partial charge on any atom is -0.292 e. The molecule has 0 aliphatic heterocycles. The largest absolute Gasteiger partial charge is 0.292 e. The van der Waals surface area contributed by atoms with Gasteiger partial charge in [0.05, 0.1) is 0 Å². The van der Waals surface area contributed by atoms with Gasteiger partial charge >= 0.3 is 0 Å². The third kappa shape index (κ3) is 1.94. The zero-order valence-electron chi connectivity index (χ0n) is 9.63. The smallest absolute Gasteiger partial charge is 0.181 e. The maximum atomic E-state index is 11.7. The highest BCUT2D eigenvalue weighted by Gasteiger charge is 2.22. The molecule has 1 heterocycles. The first-order chi connectivity index (χ1) is 6.98. The van der Waals surface area contributed by atoms with Gasteiger partial charge in [-0.25, -0.2) is 4.98 Å². The van der Waals surface area contributed by atoms with Crippen LogP contribution in [-0.4, -0.2) is 10.8 Å². The molecule has 2 heteroatoms. The summed E-state index contributed by atoms with van der Waals surface area (Å²) < 4.78 is 0. The van der Waals surface area contributed by atoms with Crippen molar-refractivity contribution in [3.05, 3.63) is 29.1 Å². The van der Waals surface area contributed by atoms with Crippen LogP contribution in [0.15, 0.2) is 12.1 Å². The van der Waals surface area contributed by atoms with Crippen molar-refractivity contribution >= 4 is 5.78 Å². The predicted molar refractivity (Wildman–Crippen MR) is 60.2 cm³/mol. The maximum Gasteiger partial charge on any atom is 0.181 e. The molecular formula is C13H17NO. The molecule has 0 bridgehead atoms. The summed E-state index contributed by atoms with van der Waals surface area (Å²) >= 11 is 0. The van der Waals surface area contributed by atoms with E-state index in [-0.39, 0.29) is 11.2 Å². The molecule has 0 saturated carbocycles. The van der Waals surface area contributed by atoms with Gasteiger partial charge in [-0.2, -0.15) is 0 Å². The van der Waals surface area contributed by atoms with Gasteiger partial charge in [0.15, 0.2) is 5.78 Å². The van der Waals surface area contributed by atoms with Crippen molar-refractivity contribution in [2.45, 2.75) is 45.4 Å². The number of fused-ring (bicyclic) bond motifs is 1. The third-order valence-electron chi connectivity index (χ3n) is 2.86. The molecule has 2 nitrogen and oxygen atoms in total. The molecule has 80 valence electrons. The van der Waals surface area contributed by atoms with Crippen molar-refractivity contribution in [1.82, 2.24) is 4.98 Å². The van der Waals surface area contributed by atoms with E-state index < -0.39 is 0 Å². The van der Waals surface area contributed by atoms with E-state index in [9.17, 15) is 4.79 Å². The first-order valence-corrected chi connectivity index (χ1v) is 5.52. The van der Waals surface area contributed by atoms with Gasteiger partial charge in [-0.15, -0.1) is 0 Å². The van der Waals surface area contributed by atoms with Gasteiger partial charge in [-0.3, -0.25) is 4.79 Å². The number of rotatable bonds is 0. The Bertz CT molecular complexity index is 401. The van der Waals surface area contributed by atoms with Crippen molar-refractivity contribution in [2.75, 3.05) is 0 Å². The Labute approximate surface area is 90.7 Å². The number of pyridine rings is 1. The van der Waals surface area contributed by atoms with E-state index in [1.165, 1.54) is 0 Å². The van der Waals surface area contributed by atoms with E-state index in [1.807, 2.05) is 0 Å². The van der Waals surface area contributed by atoms with Crippen LogP contribution in [-0.2, 0) is 11.8 Å². The maximum absolute atomic E-state index is 11.7. The molecule has 1 aromatic rings. The molecule has 0 atom stereocenters. The summed E-state index contributed by atoms with van der Waals surface area (Å²) in [6.45, 7) is 6.36. The molecule has 1 aromatic heterocycles. The number of carbonyl (C=O) groups is 1. The Morgan fingerprint density at radius 1 is 1.20 bits per heavy atom. The van der Waals surface area contributed by atoms with E-state index in [2.05, 4.69) is 37.9 Å². The zero-order chi connectivity index (χ0) is 11.1. The summed E-state index contributed by atoms with van der Waals surface area (Å²) in [5.41, 5.74) is 2.87. The molecule has 2 rings (SSSR count). The number of aromatic nitrogens is 1. The van der Waals surface area contributed by atoms with Gasteiger partial charge in [0, 0.05) is 17.5 Å². The molecule has 1 aliphatic rings. The molecule has 0 aromatic carbocycles. The fourth-order valence-electron chi connectivity index (χ4n) is 1.91. The fourth-order valence-corrected chi connectivity index (χ4v) is 1.91. The Morgan fingerprint density at radius 2 is 1.93 bits per heavy atom. The van der Waals surface area contributed by atoms with Crippen LogP contribution in [0.3, 0.4) is 0 Å². The number of carbonyl (C=O) groups excluding carboxylic acids is 1. The number of aryl methyl sites for hydroxylation is 1. The first kappa shape index (κ1) is 10.3. The normalized spacial score (nSPS) is 16.3. The molecular weight excluding hydrogens is 186 g/mol. The van der Waals surface area contributed by atoms with Gasteiger partial charge in [0.1, 0.15) is 5.69 Å². The van der Waals surface area contributed by atoms with Crippen LogP contribution in [0.25, 0.3) is 0 Å². The van der Waals surface area contributed by atoms with Crippen molar-refractivity contribution in [1.29, 1.82) is 0 Å². The molecule has 15 heavy (non-hydrogen) atoms. The fraction of sp³-hybridized carbons (Fsp3) is 0.538. The lowest BCUT2D eigenvalue weighted by atomic mass is 9.88. The van der Waals surface area contributed by atoms with Crippen LogP contribution in [0.5, 0.6) is 0 Å². The van der Waals surface area contributed by atoms with Crippen LogP contribution in [0.1, 0.15) is 55.4 Å². The van der Waals surface area contributed by atoms with Crippen LogP contribution in [0, 0.1) is 0 Å². The van der Waals surface area contributed by atoms with Crippen LogP contribution in [0.2, 0.25) is 0 Å². The molecule has 0 unspecified atom stereocenters. The monoisotopic (exact) mass is 203 g/mol. The van der Waals surface area contributed by atoms with Gasteiger partial charge in [0.25, 0.3) is 0 Å². The van der Waals surface area contributed by atoms with Crippen molar-refractivity contribution in [2.24, 2.45) is 0 Å². The number of nitrogens with zero attached hydrogens (tertiary/aromatic N) is 1. The molecule has 0 fully saturated rings. The summed E-state index contributed by atoms with van der Waals surface area (Å²) in [4.78, 5) is 16.2. The second kappa shape index (κ2) is 3.44. The predicted octanol–water partition coefficient (Wildman–Crippen LogP) is 2.90. The lowest BCUT2D eigenvalue weighted by Gasteiger charge is -2.21. The topological polar surface area (TPSA) is 30.0 Å². The molecule has 1 aliphatic carbocycles. The van der Waals surface area contributed by atoms with Gasteiger partial charge in [-0.1, -0.05) is 26.8 Å². The summed E-state index contributed by atoms with van der Waals surface area (Å²) in [5.74, 6) is 0.211. The van der Waals surface area contributed by atoms with Gasteiger partial charge < -0.3 is 0 Å². The average Bonchev–Trinajstić information content (AvgIpc) is 2.16. The Hall–Kier alpha value is -1.18. The summed E-state index contributed by atoms with van der Waals surface area (Å²) in [7, 11) is 0. The van der Waals surface area contributed by atoms with Gasteiger partial charge in [0.2, 0.25) is 0 Å². The molecule has 0 radical (unpaired) electrons. The van der Waals surface area contributed by atoms with Crippen molar-refractivity contribution in [3.8, 4) is 0 Å². The van der Waals surface area contributed by atoms with E-state index in [0.717, 1.165) is 24.1 Å². The van der Waals surface area contributed by atoms with Crippen LogP contribution < -0.4 is 0 Å². The minimum atomic E-state index is 0.0206. The number of Topliss-reactive ketones (excluding diaryl/α,β-unsaturated/α-hetero) is 1. The Balaban J connectivity index is 2.49. The number of ketones is 1. The number of hydrogen-bond acceptors (Lipinski definition) is 2. The molecule has 0 amide bonds. The lowest BCUT2D eigenvalue weighted by molar-refractivity contribution is 0.0966. The lowest BCUT2D eigenvalue weighted by Crippen LogP contribution is -2.19. The van der Waals surface area contributed by atoms with Crippen LogP contribution >= 0.6 is 0 Å². The number of hydrogen-bond donors (Lipinski definition) is 0. The van der Waals surface area contributed by atoms with E-state index >= 15 is 0 Å². The highest BCUT2D eigenvalue weighted by molar-refractivity contribution is 5.96. The first-order valence-electron chi connectivity index (χ1n) is 5.52. The minimum absolute atomic E-state index is 0.0206. The molecule has 0 N–H and O–H groups in total.